The zero-order chi connectivity index (χ0) is 34.2. The van der Waals surface area contributed by atoms with Crippen LogP contribution in [0.5, 0.6) is 0 Å². The van der Waals surface area contributed by atoms with Gasteiger partial charge in [0.15, 0.2) is 0 Å². The number of para-hydroxylation sites is 2. The third-order valence-corrected chi connectivity index (χ3v) is 11.2. The van der Waals surface area contributed by atoms with Crippen LogP contribution >= 0.6 is 0 Å². The summed E-state index contributed by atoms with van der Waals surface area (Å²) in [6, 6.07) is 66.7. The standard InChI is InChI=1S/C50H34N2/c1-3-13-33(14-4-1)35-17-11-19-39(29-35)51-45-23-9-7-21-41(45)49-43-31-38-26-28-48-50(44(38)32-37(43)25-27-47(49)51)42-22-8-10-24-46(42)52(48)40-20-12-18-36(30-40)34-15-5-2-6-16-34/h1-30H,31-32H2. The molecule has 0 atom stereocenters. The first-order valence-electron chi connectivity index (χ1n) is 18.2. The van der Waals surface area contributed by atoms with Crippen LogP contribution in [0.25, 0.3) is 77.2 Å². The summed E-state index contributed by atoms with van der Waals surface area (Å²) < 4.78 is 4.93. The minimum atomic E-state index is 0.916. The highest BCUT2D eigenvalue weighted by Crippen LogP contribution is 2.44. The van der Waals surface area contributed by atoms with Crippen LogP contribution in [0.2, 0.25) is 0 Å². The van der Waals surface area contributed by atoms with Crippen molar-refractivity contribution in [3.8, 4) is 33.6 Å². The maximum atomic E-state index is 2.47. The fraction of sp³-hybridized carbons (Fsp3) is 0.0400. The van der Waals surface area contributed by atoms with E-state index in [0.717, 1.165) is 12.8 Å². The Kier molecular flexibility index (Phi) is 6.41. The Morgan fingerprint density at radius 2 is 0.712 bits per heavy atom. The number of nitrogens with zero attached hydrogens (tertiary/aromatic N) is 2. The van der Waals surface area contributed by atoms with Crippen molar-refractivity contribution in [1.29, 1.82) is 0 Å². The summed E-state index contributed by atoms with van der Waals surface area (Å²) >= 11 is 0. The summed E-state index contributed by atoms with van der Waals surface area (Å²) in [4.78, 5) is 0. The Bertz CT molecular complexity index is 2790. The molecule has 2 heterocycles. The topological polar surface area (TPSA) is 9.86 Å². The molecule has 244 valence electrons. The molecule has 0 aliphatic heterocycles. The van der Waals surface area contributed by atoms with Gasteiger partial charge in [0.25, 0.3) is 0 Å². The summed E-state index contributed by atoms with van der Waals surface area (Å²) in [5.74, 6) is 0. The van der Waals surface area contributed by atoms with Crippen LogP contribution in [-0.4, -0.2) is 9.13 Å². The van der Waals surface area contributed by atoms with Crippen molar-refractivity contribution < 1.29 is 0 Å². The van der Waals surface area contributed by atoms with Crippen LogP contribution < -0.4 is 0 Å². The van der Waals surface area contributed by atoms with Crippen molar-refractivity contribution in [3.05, 3.63) is 204 Å². The van der Waals surface area contributed by atoms with Crippen molar-refractivity contribution in [3.63, 3.8) is 0 Å². The maximum absolute atomic E-state index is 2.47. The first kappa shape index (κ1) is 29.1. The van der Waals surface area contributed by atoms with E-state index in [-0.39, 0.29) is 0 Å². The molecule has 0 spiro atoms. The Hall–Kier alpha value is -6.64. The van der Waals surface area contributed by atoms with E-state index in [1.165, 1.54) is 99.5 Å². The molecule has 2 aromatic heterocycles. The average molecular weight is 663 g/mol. The third kappa shape index (κ3) is 4.37. The molecule has 10 aromatic rings. The average Bonchev–Trinajstić information content (AvgIpc) is 3.74. The predicted octanol–water partition coefficient (Wildman–Crippen LogP) is 12.7. The lowest BCUT2D eigenvalue weighted by molar-refractivity contribution is 1.02. The lowest BCUT2D eigenvalue weighted by Crippen LogP contribution is -2.09. The van der Waals surface area contributed by atoms with Crippen molar-refractivity contribution in [1.82, 2.24) is 9.13 Å². The lowest BCUT2D eigenvalue weighted by atomic mass is 9.82. The summed E-state index contributed by atoms with van der Waals surface area (Å²) in [5, 5.41) is 5.39. The molecule has 2 heteroatoms. The number of hydrogen-bond donors (Lipinski definition) is 0. The molecule has 0 fully saturated rings. The molecule has 0 unspecified atom stereocenters. The van der Waals surface area contributed by atoms with Gasteiger partial charge in [0, 0.05) is 32.9 Å². The molecule has 0 bridgehead atoms. The highest BCUT2D eigenvalue weighted by Gasteiger charge is 2.26. The van der Waals surface area contributed by atoms with Crippen LogP contribution in [-0.2, 0) is 12.8 Å². The van der Waals surface area contributed by atoms with Crippen molar-refractivity contribution in [2.45, 2.75) is 12.8 Å². The Labute approximate surface area is 302 Å². The van der Waals surface area contributed by atoms with Gasteiger partial charge in [-0.05, 0) is 106 Å². The van der Waals surface area contributed by atoms with Gasteiger partial charge in [0.2, 0.25) is 0 Å². The van der Waals surface area contributed by atoms with Gasteiger partial charge in [0.05, 0.1) is 22.1 Å². The first-order valence-corrected chi connectivity index (χ1v) is 18.2. The Morgan fingerprint density at radius 3 is 1.17 bits per heavy atom. The van der Waals surface area contributed by atoms with Crippen LogP contribution in [0.3, 0.4) is 0 Å². The second-order valence-electron chi connectivity index (χ2n) is 14.1. The third-order valence-electron chi connectivity index (χ3n) is 11.2. The monoisotopic (exact) mass is 662 g/mol. The normalized spacial score (nSPS) is 12.5. The number of benzene rings is 8. The van der Waals surface area contributed by atoms with E-state index < -0.39 is 0 Å². The quantitative estimate of drug-likeness (QED) is 0.177. The number of rotatable bonds is 4. The molecule has 0 radical (unpaired) electrons. The van der Waals surface area contributed by atoms with Crippen LogP contribution in [0.1, 0.15) is 22.3 Å². The summed E-state index contributed by atoms with van der Waals surface area (Å²) in [6.07, 6.45) is 1.83. The summed E-state index contributed by atoms with van der Waals surface area (Å²) in [6.45, 7) is 0. The molecule has 2 nitrogen and oxygen atoms in total. The minimum absolute atomic E-state index is 0.916. The van der Waals surface area contributed by atoms with Gasteiger partial charge < -0.3 is 9.13 Å². The van der Waals surface area contributed by atoms with E-state index in [2.05, 4.69) is 191 Å². The van der Waals surface area contributed by atoms with E-state index in [1.807, 2.05) is 0 Å². The van der Waals surface area contributed by atoms with Crippen molar-refractivity contribution in [2.75, 3.05) is 0 Å². The van der Waals surface area contributed by atoms with E-state index in [0.29, 0.717) is 0 Å². The van der Waals surface area contributed by atoms with E-state index in [9.17, 15) is 0 Å². The smallest absolute Gasteiger partial charge is 0.0544 e. The molecular formula is C50H34N2. The number of hydrogen-bond acceptors (Lipinski definition) is 0. The molecule has 1 aliphatic carbocycles. The van der Waals surface area contributed by atoms with Crippen molar-refractivity contribution >= 4 is 43.6 Å². The van der Waals surface area contributed by atoms with Gasteiger partial charge in [-0.3, -0.25) is 0 Å². The largest absolute Gasteiger partial charge is 0.309 e. The Balaban J connectivity index is 1.08. The summed E-state index contributed by atoms with van der Waals surface area (Å²) in [5.41, 5.74) is 18.1. The maximum Gasteiger partial charge on any atom is 0.0544 e. The van der Waals surface area contributed by atoms with Gasteiger partial charge in [-0.1, -0.05) is 133 Å². The molecular weight excluding hydrogens is 629 g/mol. The highest BCUT2D eigenvalue weighted by atomic mass is 15.0. The van der Waals surface area contributed by atoms with E-state index in [4.69, 9.17) is 0 Å². The summed E-state index contributed by atoms with van der Waals surface area (Å²) in [7, 11) is 0. The fourth-order valence-corrected chi connectivity index (χ4v) is 8.93. The fourth-order valence-electron chi connectivity index (χ4n) is 8.93. The zero-order valence-corrected chi connectivity index (χ0v) is 28.6. The molecule has 0 saturated heterocycles. The van der Waals surface area contributed by atoms with E-state index >= 15 is 0 Å². The number of fused-ring (bicyclic) bond motifs is 10. The Morgan fingerprint density at radius 1 is 0.308 bits per heavy atom. The number of aromatic nitrogens is 2. The molecule has 1 aliphatic rings. The van der Waals surface area contributed by atoms with Crippen LogP contribution in [0.4, 0.5) is 0 Å². The van der Waals surface area contributed by atoms with Gasteiger partial charge in [-0.2, -0.15) is 0 Å². The predicted molar refractivity (Wildman–Crippen MR) is 218 cm³/mol. The van der Waals surface area contributed by atoms with Gasteiger partial charge in [-0.15, -0.1) is 0 Å². The SMILES string of the molecule is c1ccc(-c2cccc(-n3c4ccccc4c4c5c(ccc43)Cc3c(ccc4c3c3ccccc3n4-c3cccc(-c4ccccc4)c3)C5)c2)cc1. The second kappa shape index (κ2) is 11.4. The van der Waals surface area contributed by atoms with Crippen LogP contribution in [0, 0.1) is 0 Å². The molecule has 52 heavy (non-hydrogen) atoms. The zero-order valence-electron chi connectivity index (χ0n) is 28.6. The van der Waals surface area contributed by atoms with Gasteiger partial charge >= 0.3 is 0 Å². The molecule has 0 amide bonds. The molecule has 0 saturated carbocycles. The molecule has 8 aromatic carbocycles. The second-order valence-corrected chi connectivity index (χ2v) is 14.1. The molecule has 0 N–H and O–H groups in total. The minimum Gasteiger partial charge on any atom is -0.309 e. The lowest BCUT2D eigenvalue weighted by Gasteiger charge is -2.22. The van der Waals surface area contributed by atoms with Crippen LogP contribution in [0.15, 0.2) is 182 Å². The van der Waals surface area contributed by atoms with Gasteiger partial charge in [0.1, 0.15) is 0 Å². The highest BCUT2D eigenvalue weighted by molar-refractivity contribution is 6.14. The first-order chi connectivity index (χ1) is 25.8. The van der Waals surface area contributed by atoms with E-state index in [1.54, 1.807) is 0 Å². The van der Waals surface area contributed by atoms with Crippen molar-refractivity contribution in [2.24, 2.45) is 0 Å². The molecule has 11 rings (SSSR count). The van der Waals surface area contributed by atoms with Gasteiger partial charge in [-0.25, -0.2) is 0 Å².